The zero-order valence-corrected chi connectivity index (χ0v) is 11.8. The molecule has 3 aromatic rings. The first-order valence-electron chi connectivity index (χ1n) is 6.50. The van der Waals surface area contributed by atoms with E-state index < -0.39 is 0 Å². The Kier molecular flexibility index (Phi) is 2.89. The lowest BCUT2D eigenvalue weighted by Crippen LogP contribution is -2.09. The zero-order chi connectivity index (χ0) is 14.3. The molecule has 20 heavy (non-hydrogen) atoms. The largest absolute Gasteiger partial charge is 0.292 e. The molecule has 0 aliphatic heterocycles. The lowest BCUT2D eigenvalue weighted by molar-refractivity contribution is 0.0987. The average Bonchev–Trinajstić information content (AvgIpc) is 2.91. The molecule has 0 spiro atoms. The van der Waals surface area contributed by atoms with Gasteiger partial charge >= 0.3 is 0 Å². The van der Waals surface area contributed by atoms with Gasteiger partial charge in [0, 0.05) is 25.2 Å². The van der Waals surface area contributed by atoms with Gasteiger partial charge in [0.05, 0.1) is 17.6 Å². The Morgan fingerprint density at radius 1 is 1.15 bits per heavy atom. The SMILES string of the molecule is Cc1cc(CC(=O)c2nn(C)c3ccccc23)n(C)n1. The van der Waals surface area contributed by atoms with Crippen LogP contribution in [0.1, 0.15) is 21.9 Å². The number of aromatic nitrogens is 4. The van der Waals surface area contributed by atoms with Gasteiger partial charge < -0.3 is 0 Å². The number of hydrogen-bond donors (Lipinski definition) is 0. The maximum atomic E-state index is 12.5. The minimum Gasteiger partial charge on any atom is -0.292 e. The van der Waals surface area contributed by atoms with Gasteiger partial charge in [-0.3, -0.25) is 14.2 Å². The fourth-order valence-electron chi connectivity index (χ4n) is 2.50. The molecule has 0 amide bonds. The van der Waals surface area contributed by atoms with Gasteiger partial charge in [-0.05, 0) is 19.1 Å². The second-order valence-electron chi connectivity index (χ2n) is 4.99. The molecule has 0 saturated heterocycles. The summed E-state index contributed by atoms with van der Waals surface area (Å²) in [5.41, 5.74) is 3.32. The Morgan fingerprint density at radius 3 is 2.60 bits per heavy atom. The number of benzene rings is 1. The van der Waals surface area contributed by atoms with Gasteiger partial charge in [0.25, 0.3) is 0 Å². The molecular weight excluding hydrogens is 252 g/mol. The third-order valence-electron chi connectivity index (χ3n) is 3.46. The predicted molar refractivity (Wildman–Crippen MR) is 76.7 cm³/mol. The summed E-state index contributed by atoms with van der Waals surface area (Å²) in [6.45, 7) is 1.92. The molecule has 0 fully saturated rings. The Bertz CT molecular complexity index is 797. The number of ketones is 1. The van der Waals surface area contributed by atoms with Crippen LogP contribution in [0.2, 0.25) is 0 Å². The number of Topliss-reactive ketones (excluding diaryl/α,β-unsaturated/α-hetero) is 1. The first-order valence-corrected chi connectivity index (χ1v) is 6.50. The van der Waals surface area contributed by atoms with Crippen molar-refractivity contribution in [1.29, 1.82) is 0 Å². The van der Waals surface area contributed by atoms with Crippen molar-refractivity contribution in [3.8, 4) is 0 Å². The number of rotatable bonds is 3. The molecule has 102 valence electrons. The average molecular weight is 268 g/mol. The third-order valence-corrected chi connectivity index (χ3v) is 3.46. The van der Waals surface area contributed by atoms with Gasteiger partial charge in [0.1, 0.15) is 5.69 Å². The normalized spacial score (nSPS) is 11.2. The van der Waals surface area contributed by atoms with Crippen LogP contribution in [0.4, 0.5) is 0 Å². The maximum absolute atomic E-state index is 12.5. The van der Waals surface area contributed by atoms with E-state index in [2.05, 4.69) is 10.2 Å². The number of carbonyl (C=O) groups is 1. The highest BCUT2D eigenvalue weighted by Gasteiger charge is 2.17. The summed E-state index contributed by atoms with van der Waals surface area (Å²) in [6.07, 6.45) is 0.318. The maximum Gasteiger partial charge on any atom is 0.189 e. The van der Waals surface area contributed by atoms with Crippen molar-refractivity contribution >= 4 is 16.7 Å². The quantitative estimate of drug-likeness (QED) is 0.683. The highest BCUT2D eigenvalue weighted by Crippen LogP contribution is 2.19. The minimum absolute atomic E-state index is 0.0183. The van der Waals surface area contributed by atoms with E-state index in [1.54, 1.807) is 9.36 Å². The van der Waals surface area contributed by atoms with Crippen molar-refractivity contribution in [2.24, 2.45) is 14.1 Å². The van der Waals surface area contributed by atoms with Crippen LogP contribution in [0.25, 0.3) is 10.9 Å². The molecule has 2 heterocycles. The monoisotopic (exact) mass is 268 g/mol. The van der Waals surface area contributed by atoms with E-state index in [-0.39, 0.29) is 5.78 Å². The molecule has 0 radical (unpaired) electrons. The number of fused-ring (bicyclic) bond motifs is 1. The van der Waals surface area contributed by atoms with Crippen molar-refractivity contribution in [2.75, 3.05) is 0 Å². The number of aryl methyl sites for hydroxylation is 3. The summed E-state index contributed by atoms with van der Waals surface area (Å²) in [5, 5.41) is 9.53. The minimum atomic E-state index is 0.0183. The summed E-state index contributed by atoms with van der Waals surface area (Å²) in [5.74, 6) is 0.0183. The van der Waals surface area contributed by atoms with Crippen LogP contribution in [0.3, 0.4) is 0 Å². The predicted octanol–water partition coefficient (Wildman–Crippen LogP) is 2.04. The molecular formula is C15H16N4O. The molecule has 2 aromatic heterocycles. The molecule has 0 bridgehead atoms. The lowest BCUT2D eigenvalue weighted by Gasteiger charge is -1.99. The fourth-order valence-corrected chi connectivity index (χ4v) is 2.50. The standard InChI is InChI=1S/C15H16N4O/c1-10-8-11(18(2)16-10)9-14(20)15-12-6-4-5-7-13(12)19(3)17-15/h4-8H,9H2,1-3H3. The van der Waals surface area contributed by atoms with Gasteiger partial charge in [0.2, 0.25) is 0 Å². The van der Waals surface area contributed by atoms with E-state index in [0.29, 0.717) is 12.1 Å². The molecule has 1 aromatic carbocycles. The topological polar surface area (TPSA) is 52.7 Å². The van der Waals surface area contributed by atoms with E-state index in [9.17, 15) is 4.79 Å². The highest BCUT2D eigenvalue weighted by molar-refractivity contribution is 6.06. The van der Waals surface area contributed by atoms with E-state index in [1.165, 1.54) is 0 Å². The zero-order valence-electron chi connectivity index (χ0n) is 11.8. The number of para-hydroxylation sites is 1. The van der Waals surface area contributed by atoms with Crippen LogP contribution in [0, 0.1) is 6.92 Å². The first kappa shape index (κ1) is 12.6. The first-order chi connectivity index (χ1) is 9.56. The van der Waals surface area contributed by atoms with Gasteiger partial charge in [-0.1, -0.05) is 18.2 Å². The molecule has 5 nitrogen and oxygen atoms in total. The molecule has 0 aliphatic rings. The van der Waals surface area contributed by atoms with E-state index >= 15 is 0 Å². The van der Waals surface area contributed by atoms with Gasteiger partial charge in [-0.25, -0.2) is 0 Å². The van der Waals surface area contributed by atoms with Gasteiger partial charge in [0.15, 0.2) is 5.78 Å². The Balaban J connectivity index is 1.99. The molecule has 0 saturated carbocycles. The highest BCUT2D eigenvalue weighted by atomic mass is 16.1. The van der Waals surface area contributed by atoms with Crippen molar-refractivity contribution in [3.05, 3.63) is 47.4 Å². The van der Waals surface area contributed by atoms with Gasteiger partial charge in [-0.15, -0.1) is 0 Å². The number of nitrogens with zero attached hydrogens (tertiary/aromatic N) is 4. The van der Waals surface area contributed by atoms with Crippen LogP contribution in [-0.4, -0.2) is 25.3 Å². The number of hydrogen-bond acceptors (Lipinski definition) is 3. The van der Waals surface area contributed by atoms with Gasteiger partial charge in [-0.2, -0.15) is 10.2 Å². The third kappa shape index (κ3) is 2.01. The van der Waals surface area contributed by atoms with Crippen LogP contribution in [-0.2, 0) is 20.5 Å². The smallest absolute Gasteiger partial charge is 0.189 e. The van der Waals surface area contributed by atoms with Crippen molar-refractivity contribution in [2.45, 2.75) is 13.3 Å². The Hall–Kier alpha value is -2.43. The summed E-state index contributed by atoms with van der Waals surface area (Å²) in [7, 11) is 3.71. The number of carbonyl (C=O) groups excluding carboxylic acids is 1. The Morgan fingerprint density at radius 2 is 1.90 bits per heavy atom. The van der Waals surface area contributed by atoms with E-state index in [4.69, 9.17) is 0 Å². The van der Waals surface area contributed by atoms with Crippen LogP contribution >= 0.6 is 0 Å². The second kappa shape index (κ2) is 4.59. The van der Waals surface area contributed by atoms with Crippen LogP contribution < -0.4 is 0 Å². The fraction of sp³-hybridized carbons (Fsp3) is 0.267. The summed E-state index contributed by atoms with van der Waals surface area (Å²) < 4.78 is 3.50. The lowest BCUT2D eigenvalue weighted by atomic mass is 10.1. The van der Waals surface area contributed by atoms with Crippen LogP contribution in [0.15, 0.2) is 30.3 Å². The van der Waals surface area contributed by atoms with E-state index in [0.717, 1.165) is 22.3 Å². The molecule has 0 unspecified atom stereocenters. The summed E-state index contributed by atoms with van der Waals surface area (Å²) in [6, 6.07) is 9.71. The molecule has 0 aliphatic carbocycles. The molecule has 5 heteroatoms. The summed E-state index contributed by atoms with van der Waals surface area (Å²) in [4.78, 5) is 12.5. The van der Waals surface area contributed by atoms with Crippen molar-refractivity contribution < 1.29 is 4.79 Å². The van der Waals surface area contributed by atoms with E-state index in [1.807, 2.05) is 51.4 Å². The van der Waals surface area contributed by atoms with Crippen LogP contribution in [0.5, 0.6) is 0 Å². The molecule has 3 rings (SSSR count). The second-order valence-corrected chi connectivity index (χ2v) is 4.99. The van der Waals surface area contributed by atoms with Crippen molar-refractivity contribution in [3.63, 3.8) is 0 Å². The Labute approximate surface area is 116 Å². The molecule has 0 atom stereocenters. The van der Waals surface area contributed by atoms with Crippen molar-refractivity contribution in [1.82, 2.24) is 19.6 Å². The summed E-state index contributed by atoms with van der Waals surface area (Å²) >= 11 is 0. The molecule has 0 N–H and O–H groups in total.